The van der Waals surface area contributed by atoms with Gasteiger partial charge in [0.25, 0.3) is 5.91 Å². The van der Waals surface area contributed by atoms with Crippen LogP contribution in [0.25, 0.3) is 0 Å². The van der Waals surface area contributed by atoms with E-state index in [-0.39, 0.29) is 18.3 Å². The molecule has 0 bridgehead atoms. The van der Waals surface area contributed by atoms with Crippen molar-refractivity contribution in [2.24, 2.45) is 0 Å². The first-order chi connectivity index (χ1) is 11.2. The van der Waals surface area contributed by atoms with Gasteiger partial charge in [0, 0.05) is 51.3 Å². The van der Waals surface area contributed by atoms with Gasteiger partial charge in [-0.2, -0.15) is 0 Å². The van der Waals surface area contributed by atoms with E-state index in [1.54, 1.807) is 23.1 Å². The van der Waals surface area contributed by atoms with Gasteiger partial charge in [-0.3, -0.25) is 9.59 Å². The van der Waals surface area contributed by atoms with E-state index in [0.29, 0.717) is 30.0 Å². The molecule has 124 valence electrons. The molecule has 0 aliphatic carbocycles. The van der Waals surface area contributed by atoms with E-state index >= 15 is 0 Å². The number of hydrogen-bond donors (Lipinski definition) is 1. The lowest BCUT2D eigenvalue weighted by molar-refractivity contribution is -0.121. The number of anilines is 1. The van der Waals surface area contributed by atoms with E-state index < -0.39 is 0 Å². The van der Waals surface area contributed by atoms with Gasteiger partial charge in [-0.25, -0.2) is 0 Å². The maximum Gasteiger partial charge on any atom is 0.265 e. The first-order valence-corrected chi connectivity index (χ1v) is 8.22. The number of likely N-dealkylation sites (N-methyl/N-ethyl adjacent to an activating group) is 1. The summed E-state index contributed by atoms with van der Waals surface area (Å²) in [6.45, 7) is 7.30. The van der Waals surface area contributed by atoms with Gasteiger partial charge in [-0.15, -0.1) is 0 Å². The number of ether oxygens (including phenoxy) is 1. The molecule has 0 saturated carbocycles. The highest BCUT2D eigenvalue weighted by atomic mass is 16.5. The molecule has 1 aromatic carbocycles. The zero-order chi connectivity index (χ0) is 16.2. The van der Waals surface area contributed by atoms with Gasteiger partial charge in [-0.05, 0) is 25.1 Å². The van der Waals surface area contributed by atoms with Crippen LogP contribution in [0.3, 0.4) is 0 Å². The van der Waals surface area contributed by atoms with Crippen molar-refractivity contribution in [2.45, 2.75) is 13.3 Å². The highest BCUT2D eigenvalue weighted by molar-refractivity contribution is 6.01. The fourth-order valence-corrected chi connectivity index (χ4v) is 3.06. The van der Waals surface area contributed by atoms with Crippen LogP contribution in [0.4, 0.5) is 5.69 Å². The van der Waals surface area contributed by atoms with Crippen molar-refractivity contribution >= 4 is 17.4 Å². The zero-order valence-corrected chi connectivity index (χ0v) is 13.5. The highest BCUT2D eigenvalue weighted by Crippen LogP contribution is 2.33. The van der Waals surface area contributed by atoms with E-state index in [4.69, 9.17) is 4.74 Å². The van der Waals surface area contributed by atoms with E-state index in [2.05, 4.69) is 10.2 Å². The number of nitrogens with one attached hydrogen (secondary N) is 1. The summed E-state index contributed by atoms with van der Waals surface area (Å²) in [5.74, 6) is 0.718. The first-order valence-electron chi connectivity index (χ1n) is 8.22. The number of carbonyl (C=O) groups excluding carboxylic acids is 2. The minimum atomic E-state index is -0.0644. The van der Waals surface area contributed by atoms with Crippen LogP contribution >= 0.6 is 0 Å². The maximum absolute atomic E-state index is 12.5. The highest BCUT2D eigenvalue weighted by Gasteiger charge is 2.25. The molecule has 0 spiro atoms. The van der Waals surface area contributed by atoms with Crippen LogP contribution in [0, 0.1) is 0 Å². The van der Waals surface area contributed by atoms with Crippen LogP contribution in [0.2, 0.25) is 0 Å². The Morgan fingerprint density at radius 2 is 2.09 bits per heavy atom. The largest absolute Gasteiger partial charge is 0.482 e. The van der Waals surface area contributed by atoms with Gasteiger partial charge in [0.15, 0.2) is 12.4 Å². The van der Waals surface area contributed by atoms with Crippen molar-refractivity contribution in [2.75, 3.05) is 50.8 Å². The van der Waals surface area contributed by atoms with Crippen molar-refractivity contribution < 1.29 is 14.3 Å². The molecule has 1 saturated heterocycles. The van der Waals surface area contributed by atoms with Gasteiger partial charge < -0.3 is 19.9 Å². The Hall–Kier alpha value is -1.92. The summed E-state index contributed by atoms with van der Waals surface area (Å²) in [6, 6.07) is 5.38. The fourth-order valence-electron chi connectivity index (χ4n) is 3.06. The molecule has 3 rings (SSSR count). The minimum absolute atomic E-state index is 0.0644. The smallest absolute Gasteiger partial charge is 0.265 e. The molecule has 23 heavy (non-hydrogen) atoms. The standard InChI is InChI=1S/C17H23N3O3/c1-2-20-14-11-13(3-4-16(14)23-12-17(20)22)15(21)5-8-19-9-6-18-7-10-19/h3-4,11,18H,2,5-10,12H2,1H3. The Kier molecular flexibility index (Phi) is 4.93. The molecule has 6 heteroatoms. The third-order valence-corrected chi connectivity index (χ3v) is 4.40. The van der Waals surface area contributed by atoms with Crippen LogP contribution in [-0.2, 0) is 4.79 Å². The van der Waals surface area contributed by atoms with Crippen LogP contribution in [0.5, 0.6) is 5.75 Å². The van der Waals surface area contributed by atoms with Crippen LogP contribution < -0.4 is 15.0 Å². The number of carbonyl (C=O) groups is 2. The predicted octanol–water partition coefficient (Wildman–Crippen LogP) is 0.910. The number of benzene rings is 1. The van der Waals surface area contributed by atoms with Crippen molar-refractivity contribution in [3.8, 4) is 5.75 Å². The summed E-state index contributed by atoms with van der Waals surface area (Å²) in [5, 5.41) is 3.31. The van der Waals surface area contributed by atoms with Gasteiger partial charge in [-0.1, -0.05) is 0 Å². The molecular weight excluding hydrogens is 294 g/mol. The Labute approximate surface area is 136 Å². The number of ketones is 1. The van der Waals surface area contributed by atoms with Crippen LogP contribution in [-0.4, -0.2) is 62.5 Å². The Morgan fingerprint density at radius 1 is 1.30 bits per heavy atom. The van der Waals surface area contributed by atoms with Gasteiger partial charge in [0.05, 0.1) is 5.69 Å². The summed E-state index contributed by atoms with van der Waals surface area (Å²) in [6.07, 6.45) is 0.500. The van der Waals surface area contributed by atoms with Crippen molar-refractivity contribution in [3.63, 3.8) is 0 Å². The van der Waals surface area contributed by atoms with E-state index in [1.165, 1.54) is 0 Å². The van der Waals surface area contributed by atoms with Gasteiger partial charge in [0.1, 0.15) is 5.75 Å². The molecule has 0 atom stereocenters. The predicted molar refractivity (Wildman–Crippen MR) is 88.2 cm³/mol. The van der Waals surface area contributed by atoms with Crippen LogP contribution in [0.1, 0.15) is 23.7 Å². The number of hydrogen-bond acceptors (Lipinski definition) is 5. The molecule has 2 heterocycles. The second kappa shape index (κ2) is 7.10. The molecule has 1 N–H and O–H groups in total. The van der Waals surface area contributed by atoms with Gasteiger partial charge >= 0.3 is 0 Å². The average molecular weight is 317 g/mol. The van der Waals surface area contributed by atoms with Crippen molar-refractivity contribution in [1.29, 1.82) is 0 Å². The third-order valence-electron chi connectivity index (χ3n) is 4.40. The monoisotopic (exact) mass is 317 g/mol. The number of nitrogens with zero attached hydrogens (tertiary/aromatic N) is 2. The second-order valence-electron chi connectivity index (χ2n) is 5.87. The number of piperazine rings is 1. The summed E-state index contributed by atoms with van der Waals surface area (Å²) in [7, 11) is 0. The number of fused-ring (bicyclic) bond motifs is 1. The quantitative estimate of drug-likeness (QED) is 0.818. The minimum Gasteiger partial charge on any atom is -0.482 e. The molecule has 2 aliphatic rings. The lowest BCUT2D eigenvalue weighted by atomic mass is 10.1. The molecular formula is C17H23N3O3. The Balaban J connectivity index is 1.69. The molecule has 1 fully saturated rings. The zero-order valence-electron chi connectivity index (χ0n) is 13.5. The molecule has 1 aromatic rings. The van der Waals surface area contributed by atoms with E-state index in [0.717, 1.165) is 32.7 Å². The molecule has 6 nitrogen and oxygen atoms in total. The Bertz CT molecular complexity index is 597. The SMILES string of the molecule is CCN1C(=O)COc2ccc(C(=O)CCN3CCNCC3)cc21. The summed E-state index contributed by atoms with van der Waals surface area (Å²) < 4.78 is 5.44. The van der Waals surface area contributed by atoms with Crippen LogP contribution in [0.15, 0.2) is 18.2 Å². The second-order valence-corrected chi connectivity index (χ2v) is 5.87. The molecule has 1 amide bonds. The van der Waals surface area contributed by atoms with E-state index in [1.807, 2.05) is 6.92 Å². The first kappa shape index (κ1) is 16.0. The molecule has 0 aromatic heterocycles. The maximum atomic E-state index is 12.5. The third kappa shape index (κ3) is 3.54. The number of rotatable bonds is 5. The van der Waals surface area contributed by atoms with Crippen molar-refractivity contribution in [3.05, 3.63) is 23.8 Å². The summed E-state index contributed by atoms with van der Waals surface area (Å²) in [5.41, 5.74) is 1.35. The fraction of sp³-hybridized carbons (Fsp3) is 0.529. The average Bonchev–Trinajstić information content (AvgIpc) is 2.60. The van der Waals surface area contributed by atoms with Gasteiger partial charge in [0.2, 0.25) is 0 Å². The molecule has 2 aliphatic heterocycles. The molecule has 0 unspecified atom stereocenters. The summed E-state index contributed by atoms with van der Waals surface area (Å²) in [4.78, 5) is 28.3. The van der Waals surface area contributed by atoms with Crippen molar-refractivity contribution in [1.82, 2.24) is 10.2 Å². The Morgan fingerprint density at radius 3 is 2.83 bits per heavy atom. The topological polar surface area (TPSA) is 61.9 Å². The number of amides is 1. The normalized spacial score (nSPS) is 18.5. The lowest BCUT2D eigenvalue weighted by Crippen LogP contribution is -2.44. The van der Waals surface area contributed by atoms with E-state index in [9.17, 15) is 9.59 Å². The number of Topliss-reactive ketones (excluding diaryl/α,β-unsaturated/α-hetero) is 1. The lowest BCUT2D eigenvalue weighted by Gasteiger charge is -2.29. The molecule has 0 radical (unpaired) electrons. The summed E-state index contributed by atoms with van der Waals surface area (Å²) >= 11 is 0.